The second-order valence-corrected chi connectivity index (χ2v) is 7.12. The Morgan fingerprint density at radius 2 is 1.36 bits per heavy atom. The van der Waals surface area contributed by atoms with E-state index < -0.39 is 54.5 Å². The average molecular weight is 402 g/mol. The van der Waals surface area contributed by atoms with Crippen LogP contribution >= 0.6 is 0 Å². The van der Waals surface area contributed by atoms with Crippen molar-refractivity contribution in [3.63, 3.8) is 0 Å². The zero-order chi connectivity index (χ0) is 22.0. The fourth-order valence-corrected chi connectivity index (χ4v) is 2.38. The fraction of sp³-hybridized carbons (Fsp3) is 0.778. The Morgan fingerprint density at radius 1 is 0.857 bits per heavy atom. The maximum Gasteiger partial charge on any atom is 0.322 e. The van der Waals surface area contributed by atoms with E-state index in [1.165, 1.54) is 6.92 Å². The van der Waals surface area contributed by atoms with Gasteiger partial charge in [0.1, 0.15) is 18.6 Å². The van der Waals surface area contributed by atoms with Crippen LogP contribution in [0.25, 0.3) is 0 Å². The monoisotopic (exact) mass is 402 g/mol. The minimum absolute atomic E-state index is 0.118. The summed E-state index contributed by atoms with van der Waals surface area (Å²) in [6.45, 7) is 7.97. The van der Waals surface area contributed by atoms with Gasteiger partial charge in [0.25, 0.3) is 0 Å². The number of nitrogens with two attached hydrogens (primary N) is 1. The normalized spacial score (nSPS) is 17.4. The number of aliphatic carboxylic acids is 1. The summed E-state index contributed by atoms with van der Waals surface area (Å²) in [6, 6.07) is -3.16. The second-order valence-electron chi connectivity index (χ2n) is 7.12. The van der Waals surface area contributed by atoms with Crippen molar-refractivity contribution in [2.75, 3.05) is 6.54 Å². The van der Waals surface area contributed by atoms with E-state index in [2.05, 4.69) is 16.0 Å². The zero-order valence-corrected chi connectivity index (χ0v) is 17.2. The van der Waals surface area contributed by atoms with Gasteiger partial charge in [0.15, 0.2) is 0 Å². The summed E-state index contributed by atoms with van der Waals surface area (Å²) < 4.78 is 0. The maximum absolute atomic E-state index is 12.6. The van der Waals surface area contributed by atoms with Crippen LogP contribution in [0, 0.1) is 11.8 Å². The number of carbonyl (C=O) groups is 4. The van der Waals surface area contributed by atoms with Gasteiger partial charge in [-0.2, -0.15) is 0 Å². The number of carboxylic acid groups (broad SMARTS) is 1. The summed E-state index contributed by atoms with van der Waals surface area (Å²) in [5, 5.41) is 25.8. The molecule has 0 aliphatic heterocycles. The van der Waals surface area contributed by atoms with Crippen LogP contribution in [-0.4, -0.2) is 64.7 Å². The molecule has 0 saturated heterocycles. The molecule has 6 atom stereocenters. The molecule has 0 heterocycles. The minimum Gasteiger partial charge on any atom is -0.480 e. The molecule has 10 nitrogen and oxygen atoms in total. The number of aliphatic hydroxyl groups is 1. The topological polar surface area (TPSA) is 171 Å². The predicted molar refractivity (Wildman–Crippen MR) is 103 cm³/mol. The molecule has 0 aliphatic rings. The van der Waals surface area contributed by atoms with Gasteiger partial charge in [-0.3, -0.25) is 19.2 Å². The summed E-state index contributed by atoms with van der Waals surface area (Å²) in [7, 11) is 0. The minimum atomic E-state index is -1.30. The van der Waals surface area contributed by atoms with Crippen LogP contribution < -0.4 is 21.7 Å². The largest absolute Gasteiger partial charge is 0.480 e. The lowest BCUT2D eigenvalue weighted by Crippen LogP contribution is -2.60. The van der Waals surface area contributed by atoms with E-state index >= 15 is 0 Å². The first-order chi connectivity index (χ1) is 13.0. The number of hydrogen-bond donors (Lipinski definition) is 6. The average Bonchev–Trinajstić information content (AvgIpc) is 2.65. The SMILES string of the molecule is CCC(C)C(N)C(=O)NC(C(=O)NC(C(=O)NCC(=O)O)C(C)CC)C(C)O. The molecule has 0 aliphatic carbocycles. The van der Waals surface area contributed by atoms with Gasteiger partial charge >= 0.3 is 5.97 Å². The highest BCUT2D eigenvalue weighted by Gasteiger charge is 2.33. The third-order valence-electron chi connectivity index (χ3n) is 4.83. The molecule has 0 aromatic carbocycles. The third kappa shape index (κ3) is 8.22. The fourth-order valence-electron chi connectivity index (χ4n) is 2.38. The number of rotatable bonds is 12. The first-order valence-electron chi connectivity index (χ1n) is 9.49. The quantitative estimate of drug-likeness (QED) is 0.242. The van der Waals surface area contributed by atoms with Crippen LogP contribution in [0.4, 0.5) is 0 Å². The molecule has 0 rings (SSSR count). The number of carbonyl (C=O) groups excluding carboxylic acids is 3. The molecule has 0 saturated carbocycles. The predicted octanol–water partition coefficient (Wildman–Crippen LogP) is -1.04. The number of amides is 3. The lowest BCUT2D eigenvalue weighted by atomic mass is 9.97. The number of nitrogens with one attached hydrogen (secondary N) is 3. The molecule has 0 fully saturated rings. The summed E-state index contributed by atoms with van der Waals surface area (Å²) in [5.41, 5.74) is 5.86. The van der Waals surface area contributed by atoms with Crippen molar-refractivity contribution in [3.05, 3.63) is 0 Å². The highest BCUT2D eigenvalue weighted by molar-refractivity contribution is 5.94. The van der Waals surface area contributed by atoms with Crippen LogP contribution in [-0.2, 0) is 19.2 Å². The van der Waals surface area contributed by atoms with Gasteiger partial charge in [-0.25, -0.2) is 0 Å². The lowest BCUT2D eigenvalue weighted by molar-refractivity contribution is -0.139. The van der Waals surface area contributed by atoms with E-state index in [1.54, 1.807) is 13.8 Å². The molecule has 0 radical (unpaired) electrons. The number of hydrogen-bond acceptors (Lipinski definition) is 6. The molecular formula is C18H34N4O6. The summed E-state index contributed by atoms with van der Waals surface area (Å²) in [6.07, 6.45) is -0.0246. The van der Waals surface area contributed by atoms with Crippen LogP contribution in [0.3, 0.4) is 0 Å². The van der Waals surface area contributed by atoms with Gasteiger partial charge in [-0.1, -0.05) is 40.5 Å². The molecule has 0 bridgehead atoms. The zero-order valence-electron chi connectivity index (χ0n) is 17.2. The van der Waals surface area contributed by atoms with E-state index in [0.29, 0.717) is 12.8 Å². The Kier molecular flexibility index (Phi) is 11.3. The molecule has 0 aromatic heterocycles. The summed E-state index contributed by atoms with van der Waals surface area (Å²) in [4.78, 5) is 47.8. The Labute approximate surface area is 165 Å². The van der Waals surface area contributed by atoms with Crippen LogP contribution in [0.2, 0.25) is 0 Å². The summed E-state index contributed by atoms with van der Waals surface area (Å²) in [5.74, 6) is -3.62. The van der Waals surface area contributed by atoms with Crippen LogP contribution in [0.15, 0.2) is 0 Å². The molecule has 3 amide bonds. The van der Waals surface area contributed by atoms with E-state index in [9.17, 15) is 24.3 Å². The molecule has 0 spiro atoms. The molecule has 162 valence electrons. The first-order valence-corrected chi connectivity index (χ1v) is 9.49. The van der Waals surface area contributed by atoms with Gasteiger partial charge < -0.3 is 31.9 Å². The number of carboxylic acids is 1. The van der Waals surface area contributed by atoms with Gasteiger partial charge in [0.2, 0.25) is 17.7 Å². The van der Waals surface area contributed by atoms with Gasteiger partial charge in [0.05, 0.1) is 12.1 Å². The molecule has 6 unspecified atom stereocenters. The Morgan fingerprint density at radius 3 is 1.79 bits per heavy atom. The molecule has 28 heavy (non-hydrogen) atoms. The van der Waals surface area contributed by atoms with Crippen molar-refractivity contribution >= 4 is 23.7 Å². The van der Waals surface area contributed by atoms with Crippen molar-refractivity contribution in [2.24, 2.45) is 17.6 Å². The van der Waals surface area contributed by atoms with Crippen LogP contribution in [0.1, 0.15) is 47.5 Å². The second kappa shape index (κ2) is 12.3. The standard InChI is InChI=1S/C18H34N4O6/c1-6-9(3)13(19)16(26)22-15(11(5)23)18(28)21-14(10(4)7-2)17(27)20-8-12(24)25/h9-11,13-15,23H,6-8,19H2,1-5H3,(H,20,27)(H,21,28)(H,22,26)(H,24,25). The molecule has 10 heteroatoms. The van der Waals surface area contributed by atoms with Gasteiger partial charge in [-0.05, 0) is 18.8 Å². The smallest absolute Gasteiger partial charge is 0.322 e. The first kappa shape index (κ1) is 25.8. The van der Waals surface area contributed by atoms with Crippen molar-refractivity contribution in [1.82, 2.24) is 16.0 Å². The van der Waals surface area contributed by atoms with E-state index in [-0.39, 0.29) is 11.8 Å². The lowest BCUT2D eigenvalue weighted by Gasteiger charge is -2.28. The van der Waals surface area contributed by atoms with Crippen LogP contribution in [0.5, 0.6) is 0 Å². The summed E-state index contributed by atoms with van der Waals surface area (Å²) >= 11 is 0. The van der Waals surface area contributed by atoms with Crippen molar-refractivity contribution in [3.8, 4) is 0 Å². The Balaban J connectivity index is 5.26. The Bertz CT molecular complexity index is 554. The van der Waals surface area contributed by atoms with E-state index in [4.69, 9.17) is 10.8 Å². The highest BCUT2D eigenvalue weighted by Crippen LogP contribution is 2.10. The van der Waals surface area contributed by atoms with Gasteiger partial charge in [0, 0.05) is 0 Å². The van der Waals surface area contributed by atoms with E-state index in [1.807, 2.05) is 13.8 Å². The number of aliphatic hydroxyl groups excluding tert-OH is 1. The van der Waals surface area contributed by atoms with Gasteiger partial charge in [-0.15, -0.1) is 0 Å². The van der Waals surface area contributed by atoms with Crippen molar-refractivity contribution in [2.45, 2.75) is 71.7 Å². The Hall–Kier alpha value is -2.20. The maximum atomic E-state index is 12.6. The third-order valence-corrected chi connectivity index (χ3v) is 4.83. The highest BCUT2D eigenvalue weighted by atomic mass is 16.4. The molecular weight excluding hydrogens is 368 g/mol. The van der Waals surface area contributed by atoms with Crippen molar-refractivity contribution in [1.29, 1.82) is 0 Å². The molecule has 0 aromatic rings. The van der Waals surface area contributed by atoms with Crippen molar-refractivity contribution < 1.29 is 29.4 Å². The van der Waals surface area contributed by atoms with E-state index in [0.717, 1.165) is 0 Å². The molecule has 7 N–H and O–H groups in total.